The number of nitrogens with one attached hydrogen (secondary N) is 1. The third-order valence-electron chi connectivity index (χ3n) is 3.68. The van der Waals surface area contributed by atoms with Crippen LogP contribution in [-0.4, -0.2) is 24.2 Å². The van der Waals surface area contributed by atoms with E-state index in [4.69, 9.17) is 9.84 Å². The standard InChI is InChI=1S/C20H25NO3/c1-2-15-24-19-10-5-16(6-11-19)7-12-20(23)21-18-8-3-17(4-9-18)13-14-22/h3-6,8-11,22H,2,7,12-15H2,1H3,(H,21,23). The van der Waals surface area contributed by atoms with E-state index in [-0.39, 0.29) is 12.5 Å². The lowest BCUT2D eigenvalue weighted by atomic mass is 10.1. The van der Waals surface area contributed by atoms with Crippen molar-refractivity contribution in [3.63, 3.8) is 0 Å². The summed E-state index contributed by atoms with van der Waals surface area (Å²) in [5.41, 5.74) is 2.96. The van der Waals surface area contributed by atoms with Crippen molar-refractivity contribution in [2.75, 3.05) is 18.5 Å². The Balaban J connectivity index is 1.78. The van der Waals surface area contributed by atoms with Gasteiger partial charge in [0.1, 0.15) is 5.75 Å². The van der Waals surface area contributed by atoms with Crippen LogP contribution in [0.15, 0.2) is 48.5 Å². The molecule has 0 atom stereocenters. The molecule has 0 unspecified atom stereocenters. The van der Waals surface area contributed by atoms with Crippen LogP contribution in [0.5, 0.6) is 5.75 Å². The maximum absolute atomic E-state index is 12.0. The Hall–Kier alpha value is -2.33. The summed E-state index contributed by atoms with van der Waals surface area (Å²) in [6.45, 7) is 2.93. The first-order chi connectivity index (χ1) is 11.7. The van der Waals surface area contributed by atoms with Gasteiger partial charge in [-0.1, -0.05) is 31.2 Å². The third-order valence-corrected chi connectivity index (χ3v) is 3.68. The number of aliphatic hydroxyl groups is 1. The van der Waals surface area contributed by atoms with Crippen LogP contribution in [0.2, 0.25) is 0 Å². The van der Waals surface area contributed by atoms with Gasteiger partial charge in [0.2, 0.25) is 5.91 Å². The van der Waals surface area contributed by atoms with Gasteiger partial charge in [0.25, 0.3) is 0 Å². The predicted octanol–water partition coefficient (Wildman–Crippen LogP) is 3.58. The fourth-order valence-electron chi connectivity index (χ4n) is 2.34. The number of hydrogen-bond acceptors (Lipinski definition) is 3. The van der Waals surface area contributed by atoms with Gasteiger partial charge in [-0.3, -0.25) is 4.79 Å². The summed E-state index contributed by atoms with van der Waals surface area (Å²) in [6.07, 6.45) is 2.76. The molecule has 0 bridgehead atoms. The highest BCUT2D eigenvalue weighted by atomic mass is 16.5. The molecule has 1 amide bonds. The molecular weight excluding hydrogens is 302 g/mol. The molecule has 0 radical (unpaired) electrons. The van der Waals surface area contributed by atoms with Gasteiger partial charge in [0, 0.05) is 18.7 Å². The van der Waals surface area contributed by atoms with Crippen molar-refractivity contribution in [3.8, 4) is 5.75 Å². The first-order valence-electron chi connectivity index (χ1n) is 8.42. The van der Waals surface area contributed by atoms with Crippen LogP contribution < -0.4 is 10.1 Å². The Morgan fingerprint density at radius 3 is 2.25 bits per heavy atom. The van der Waals surface area contributed by atoms with Crippen molar-refractivity contribution >= 4 is 11.6 Å². The minimum absolute atomic E-state index is 0.00350. The van der Waals surface area contributed by atoms with Crippen LogP contribution in [0.25, 0.3) is 0 Å². The second-order valence-electron chi connectivity index (χ2n) is 5.71. The maximum atomic E-state index is 12.0. The molecule has 128 valence electrons. The average Bonchev–Trinajstić information content (AvgIpc) is 2.61. The van der Waals surface area contributed by atoms with Crippen LogP contribution in [0.4, 0.5) is 5.69 Å². The highest BCUT2D eigenvalue weighted by Crippen LogP contribution is 2.15. The minimum atomic E-state index is -0.00350. The number of aliphatic hydroxyl groups excluding tert-OH is 1. The Labute approximate surface area is 143 Å². The maximum Gasteiger partial charge on any atom is 0.224 e. The molecule has 0 aliphatic rings. The van der Waals surface area contributed by atoms with Crippen LogP contribution in [-0.2, 0) is 17.6 Å². The van der Waals surface area contributed by atoms with E-state index in [2.05, 4.69) is 12.2 Å². The summed E-state index contributed by atoms with van der Waals surface area (Å²) in [7, 11) is 0. The lowest BCUT2D eigenvalue weighted by Gasteiger charge is -2.08. The van der Waals surface area contributed by atoms with Crippen molar-refractivity contribution in [1.82, 2.24) is 0 Å². The smallest absolute Gasteiger partial charge is 0.224 e. The molecule has 0 saturated heterocycles. The summed E-state index contributed by atoms with van der Waals surface area (Å²) in [4.78, 5) is 12.0. The first kappa shape index (κ1) is 18.0. The number of anilines is 1. The van der Waals surface area contributed by atoms with Crippen LogP contribution in [0, 0.1) is 0 Å². The summed E-state index contributed by atoms with van der Waals surface area (Å²) in [5, 5.41) is 11.8. The lowest BCUT2D eigenvalue weighted by Crippen LogP contribution is -2.12. The van der Waals surface area contributed by atoms with Gasteiger partial charge < -0.3 is 15.2 Å². The highest BCUT2D eigenvalue weighted by molar-refractivity contribution is 5.90. The van der Waals surface area contributed by atoms with E-state index in [9.17, 15) is 4.79 Å². The minimum Gasteiger partial charge on any atom is -0.494 e. The van der Waals surface area contributed by atoms with E-state index in [0.29, 0.717) is 19.3 Å². The van der Waals surface area contributed by atoms with Gasteiger partial charge in [0.15, 0.2) is 0 Å². The lowest BCUT2D eigenvalue weighted by molar-refractivity contribution is -0.116. The molecule has 4 nitrogen and oxygen atoms in total. The summed E-state index contributed by atoms with van der Waals surface area (Å²) in [5.74, 6) is 0.865. The quantitative estimate of drug-likeness (QED) is 0.740. The van der Waals surface area contributed by atoms with Crippen LogP contribution in [0.3, 0.4) is 0 Å². The monoisotopic (exact) mass is 327 g/mol. The zero-order valence-electron chi connectivity index (χ0n) is 14.1. The van der Waals surface area contributed by atoms with E-state index in [1.54, 1.807) is 0 Å². The molecule has 0 aliphatic heterocycles. The topological polar surface area (TPSA) is 58.6 Å². The van der Waals surface area contributed by atoms with Crippen molar-refractivity contribution < 1.29 is 14.6 Å². The Bertz CT molecular complexity index is 620. The average molecular weight is 327 g/mol. The molecule has 4 heteroatoms. The number of carbonyl (C=O) groups is 1. The summed E-state index contributed by atoms with van der Waals surface area (Å²) < 4.78 is 5.55. The number of rotatable bonds is 9. The molecular formula is C20H25NO3. The SMILES string of the molecule is CCCOc1ccc(CCC(=O)Nc2ccc(CCO)cc2)cc1. The van der Waals surface area contributed by atoms with Gasteiger partial charge in [-0.2, -0.15) is 0 Å². The Morgan fingerprint density at radius 2 is 1.62 bits per heavy atom. The van der Waals surface area contributed by atoms with Crippen molar-refractivity contribution in [3.05, 3.63) is 59.7 Å². The molecule has 2 N–H and O–H groups in total. The number of amides is 1. The number of hydrogen-bond donors (Lipinski definition) is 2. The number of ether oxygens (including phenoxy) is 1. The molecule has 0 aliphatic carbocycles. The summed E-state index contributed by atoms with van der Waals surface area (Å²) >= 11 is 0. The zero-order chi connectivity index (χ0) is 17.2. The molecule has 2 aromatic carbocycles. The van der Waals surface area contributed by atoms with Crippen LogP contribution >= 0.6 is 0 Å². The Morgan fingerprint density at radius 1 is 1.00 bits per heavy atom. The van der Waals surface area contributed by atoms with E-state index in [1.165, 1.54) is 0 Å². The van der Waals surface area contributed by atoms with Gasteiger partial charge in [-0.25, -0.2) is 0 Å². The highest BCUT2D eigenvalue weighted by Gasteiger charge is 2.04. The largest absolute Gasteiger partial charge is 0.494 e. The predicted molar refractivity (Wildman–Crippen MR) is 96.4 cm³/mol. The van der Waals surface area contributed by atoms with E-state index in [0.717, 1.165) is 35.6 Å². The second-order valence-corrected chi connectivity index (χ2v) is 5.71. The van der Waals surface area contributed by atoms with E-state index < -0.39 is 0 Å². The van der Waals surface area contributed by atoms with Crippen molar-refractivity contribution in [2.45, 2.75) is 32.6 Å². The Kier molecular flexibility index (Phi) is 7.30. The molecule has 0 fully saturated rings. The normalized spacial score (nSPS) is 10.4. The van der Waals surface area contributed by atoms with Crippen LogP contribution in [0.1, 0.15) is 30.9 Å². The molecule has 2 aromatic rings. The van der Waals surface area contributed by atoms with E-state index >= 15 is 0 Å². The number of carbonyl (C=O) groups excluding carboxylic acids is 1. The van der Waals surface area contributed by atoms with Gasteiger partial charge in [-0.05, 0) is 54.7 Å². The van der Waals surface area contributed by atoms with Crippen molar-refractivity contribution in [2.24, 2.45) is 0 Å². The van der Waals surface area contributed by atoms with Crippen molar-refractivity contribution in [1.29, 1.82) is 0 Å². The molecule has 2 rings (SSSR count). The molecule has 0 spiro atoms. The molecule has 0 saturated carbocycles. The number of aryl methyl sites for hydroxylation is 1. The first-order valence-corrected chi connectivity index (χ1v) is 8.42. The molecule has 24 heavy (non-hydrogen) atoms. The fourth-order valence-corrected chi connectivity index (χ4v) is 2.34. The fraction of sp³-hybridized carbons (Fsp3) is 0.350. The molecule has 0 aromatic heterocycles. The number of benzene rings is 2. The summed E-state index contributed by atoms with van der Waals surface area (Å²) in [6, 6.07) is 15.5. The zero-order valence-corrected chi connectivity index (χ0v) is 14.1. The third kappa shape index (κ3) is 6.05. The van der Waals surface area contributed by atoms with Gasteiger partial charge in [-0.15, -0.1) is 0 Å². The molecule has 0 heterocycles. The second kappa shape index (κ2) is 9.73. The van der Waals surface area contributed by atoms with Gasteiger partial charge >= 0.3 is 0 Å². The van der Waals surface area contributed by atoms with E-state index in [1.807, 2.05) is 48.5 Å². The van der Waals surface area contributed by atoms with Gasteiger partial charge in [0.05, 0.1) is 6.61 Å².